The van der Waals surface area contributed by atoms with Crippen molar-refractivity contribution in [1.29, 1.82) is 0 Å². The van der Waals surface area contributed by atoms with Gasteiger partial charge in [0.15, 0.2) is 5.82 Å². The van der Waals surface area contributed by atoms with Crippen LogP contribution in [0, 0.1) is 0 Å². The number of hydrogen-bond acceptors (Lipinski definition) is 2. The van der Waals surface area contributed by atoms with Crippen LogP contribution in [-0.2, 0) is 5.88 Å². The van der Waals surface area contributed by atoms with Gasteiger partial charge in [-0.2, -0.15) is 5.10 Å². The summed E-state index contributed by atoms with van der Waals surface area (Å²) in [6.07, 6.45) is 4.07. The first-order valence-corrected chi connectivity index (χ1v) is 7.36. The minimum atomic E-state index is 0.390. The molecule has 18 heavy (non-hydrogen) atoms. The summed E-state index contributed by atoms with van der Waals surface area (Å²) in [6, 6.07) is 3.79. The highest BCUT2D eigenvalue weighted by Gasteiger charge is 2.31. The Labute approximate surface area is 123 Å². The summed E-state index contributed by atoms with van der Waals surface area (Å²) >= 11 is 15.7. The Kier molecular flexibility index (Phi) is 3.34. The van der Waals surface area contributed by atoms with Crippen molar-refractivity contribution < 1.29 is 0 Å². The molecule has 2 heterocycles. The molecule has 1 aliphatic rings. The Hall–Kier alpha value is -0.580. The predicted molar refractivity (Wildman–Crippen MR) is 75.6 cm³/mol. The van der Waals surface area contributed by atoms with Gasteiger partial charge in [-0.1, -0.05) is 11.6 Å². The van der Waals surface area contributed by atoms with E-state index in [1.165, 1.54) is 12.8 Å². The normalized spacial score (nSPS) is 15.1. The lowest BCUT2D eigenvalue weighted by Crippen LogP contribution is -1.99. The van der Waals surface area contributed by atoms with Gasteiger partial charge in [-0.3, -0.25) is 0 Å². The fourth-order valence-electron chi connectivity index (χ4n) is 1.90. The summed E-state index contributed by atoms with van der Waals surface area (Å²) in [5.74, 6) is 1.62. The maximum absolute atomic E-state index is 6.34. The van der Waals surface area contributed by atoms with Gasteiger partial charge in [-0.25, -0.2) is 9.67 Å². The third-order valence-corrected chi connectivity index (χ3v) is 4.10. The first kappa shape index (κ1) is 12.5. The molecule has 6 heteroatoms. The van der Waals surface area contributed by atoms with Gasteiger partial charge >= 0.3 is 0 Å². The van der Waals surface area contributed by atoms with Crippen molar-refractivity contribution in [3.63, 3.8) is 0 Å². The van der Waals surface area contributed by atoms with Crippen LogP contribution in [0.5, 0.6) is 0 Å². The Morgan fingerprint density at radius 2 is 2.17 bits per heavy atom. The third-order valence-electron chi connectivity index (χ3n) is 2.98. The Morgan fingerprint density at radius 1 is 1.39 bits per heavy atom. The first-order chi connectivity index (χ1) is 8.70. The monoisotopic (exact) mass is 345 g/mol. The van der Waals surface area contributed by atoms with Crippen molar-refractivity contribution in [1.82, 2.24) is 14.8 Å². The number of halogens is 3. The van der Waals surface area contributed by atoms with Gasteiger partial charge in [0.25, 0.3) is 0 Å². The van der Waals surface area contributed by atoms with Gasteiger partial charge in [0.2, 0.25) is 0 Å². The third kappa shape index (κ3) is 2.17. The Bertz CT molecular complexity index is 576. The quantitative estimate of drug-likeness (QED) is 0.776. The van der Waals surface area contributed by atoms with Crippen LogP contribution >= 0.6 is 39.1 Å². The van der Waals surface area contributed by atoms with Gasteiger partial charge in [-0.15, -0.1) is 11.6 Å². The molecule has 1 fully saturated rings. The van der Waals surface area contributed by atoms with E-state index >= 15 is 0 Å². The highest BCUT2D eigenvalue weighted by atomic mass is 79.9. The average molecular weight is 347 g/mol. The molecule has 0 N–H and O–H groups in total. The van der Waals surface area contributed by atoms with Crippen molar-refractivity contribution in [3.05, 3.63) is 39.2 Å². The highest BCUT2D eigenvalue weighted by Crippen LogP contribution is 2.43. The smallest absolute Gasteiger partial charge is 0.155 e. The molecule has 3 nitrogen and oxygen atoms in total. The van der Waals surface area contributed by atoms with Crippen molar-refractivity contribution >= 4 is 39.1 Å². The molecule has 0 bridgehead atoms. The van der Waals surface area contributed by atoms with E-state index in [1.54, 1.807) is 10.9 Å². The number of rotatable bonds is 3. The zero-order valence-electron chi connectivity index (χ0n) is 9.41. The lowest BCUT2D eigenvalue weighted by Gasteiger charge is -2.01. The van der Waals surface area contributed by atoms with Gasteiger partial charge in [-0.05, 0) is 40.9 Å². The van der Waals surface area contributed by atoms with E-state index in [0.717, 1.165) is 15.7 Å². The zero-order valence-corrected chi connectivity index (χ0v) is 12.5. The molecule has 94 valence electrons. The molecule has 1 saturated carbocycles. The summed E-state index contributed by atoms with van der Waals surface area (Å²) in [6.45, 7) is 0. The van der Waals surface area contributed by atoms with Crippen LogP contribution < -0.4 is 0 Å². The first-order valence-electron chi connectivity index (χ1n) is 5.66. The van der Waals surface area contributed by atoms with E-state index in [9.17, 15) is 0 Å². The fraction of sp³-hybridized carbons (Fsp3) is 0.333. The molecular formula is C12H10BrCl2N3. The molecular weight excluding hydrogens is 337 g/mol. The van der Waals surface area contributed by atoms with Crippen LogP contribution in [0.1, 0.15) is 30.0 Å². The molecule has 3 rings (SSSR count). The van der Waals surface area contributed by atoms with Crippen LogP contribution in [0.25, 0.3) is 5.82 Å². The lowest BCUT2D eigenvalue weighted by atomic mass is 10.2. The SMILES string of the molecule is ClCc1c(C2CC2)nn(-c2ccc(Br)cn2)c1Cl. The van der Waals surface area contributed by atoms with Crippen molar-refractivity contribution in [2.24, 2.45) is 0 Å². The van der Waals surface area contributed by atoms with Crippen LogP contribution in [0.3, 0.4) is 0 Å². The summed E-state index contributed by atoms with van der Waals surface area (Å²) in [4.78, 5) is 4.30. The summed E-state index contributed by atoms with van der Waals surface area (Å²) in [5, 5.41) is 5.14. The van der Waals surface area contributed by atoms with Crippen molar-refractivity contribution in [2.75, 3.05) is 0 Å². The molecule has 2 aromatic heterocycles. The highest BCUT2D eigenvalue weighted by molar-refractivity contribution is 9.10. The second-order valence-corrected chi connectivity index (χ2v) is 5.85. The van der Waals surface area contributed by atoms with Gasteiger partial charge < -0.3 is 0 Å². The second-order valence-electron chi connectivity index (χ2n) is 4.31. The molecule has 0 atom stereocenters. The van der Waals surface area contributed by atoms with Crippen LogP contribution in [-0.4, -0.2) is 14.8 Å². The topological polar surface area (TPSA) is 30.7 Å². The van der Waals surface area contributed by atoms with E-state index in [0.29, 0.717) is 22.8 Å². The standard InChI is InChI=1S/C12H10BrCl2N3/c13-8-3-4-10(16-6-8)18-12(15)9(5-14)11(17-18)7-1-2-7/h3-4,6-7H,1-2,5H2. The van der Waals surface area contributed by atoms with Crippen LogP contribution in [0.4, 0.5) is 0 Å². The number of pyridine rings is 1. The molecule has 0 saturated heterocycles. The number of hydrogen-bond donors (Lipinski definition) is 0. The Balaban J connectivity index is 2.08. The summed E-state index contributed by atoms with van der Waals surface area (Å²) in [7, 11) is 0. The number of alkyl halides is 1. The maximum Gasteiger partial charge on any atom is 0.155 e. The van der Waals surface area contributed by atoms with E-state index in [2.05, 4.69) is 26.0 Å². The minimum absolute atomic E-state index is 0.390. The van der Waals surface area contributed by atoms with Crippen LogP contribution in [0.2, 0.25) is 5.15 Å². The second kappa shape index (κ2) is 4.83. The fourth-order valence-corrected chi connectivity index (χ4v) is 2.75. The summed E-state index contributed by atoms with van der Waals surface area (Å²) in [5.41, 5.74) is 1.96. The number of aromatic nitrogens is 3. The Morgan fingerprint density at radius 3 is 2.72 bits per heavy atom. The van der Waals surface area contributed by atoms with E-state index in [-0.39, 0.29) is 0 Å². The lowest BCUT2D eigenvalue weighted by molar-refractivity contribution is 0.812. The van der Waals surface area contributed by atoms with Crippen molar-refractivity contribution in [3.8, 4) is 5.82 Å². The average Bonchev–Trinajstić information content (AvgIpc) is 3.15. The molecule has 0 aliphatic heterocycles. The molecule has 0 radical (unpaired) electrons. The van der Waals surface area contributed by atoms with E-state index < -0.39 is 0 Å². The molecule has 0 spiro atoms. The molecule has 0 unspecified atom stereocenters. The van der Waals surface area contributed by atoms with Gasteiger partial charge in [0.05, 0.1) is 11.6 Å². The minimum Gasteiger partial charge on any atom is -0.236 e. The number of nitrogens with zero attached hydrogens (tertiary/aromatic N) is 3. The summed E-state index contributed by atoms with van der Waals surface area (Å²) < 4.78 is 2.59. The maximum atomic E-state index is 6.34. The molecule has 0 amide bonds. The van der Waals surface area contributed by atoms with E-state index in [1.807, 2.05) is 12.1 Å². The zero-order chi connectivity index (χ0) is 12.7. The van der Waals surface area contributed by atoms with Crippen LogP contribution in [0.15, 0.2) is 22.8 Å². The predicted octanol–water partition coefficient (Wildman–Crippen LogP) is 4.30. The largest absolute Gasteiger partial charge is 0.236 e. The molecule has 1 aliphatic carbocycles. The van der Waals surface area contributed by atoms with Gasteiger partial charge in [0, 0.05) is 22.2 Å². The van der Waals surface area contributed by atoms with Gasteiger partial charge in [0.1, 0.15) is 5.15 Å². The van der Waals surface area contributed by atoms with Crippen molar-refractivity contribution in [2.45, 2.75) is 24.6 Å². The molecule has 0 aromatic carbocycles. The van der Waals surface area contributed by atoms with E-state index in [4.69, 9.17) is 23.2 Å². The molecule has 2 aromatic rings.